The van der Waals surface area contributed by atoms with Gasteiger partial charge in [0.05, 0.1) is 16.0 Å². The van der Waals surface area contributed by atoms with Crippen molar-refractivity contribution in [3.8, 4) is 0 Å². The number of rotatable bonds is 2. The molecule has 0 aliphatic carbocycles. The van der Waals surface area contributed by atoms with Crippen molar-refractivity contribution in [3.05, 3.63) is 42.1 Å². The van der Waals surface area contributed by atoms with Crippen molar-refractivity contribution >= 4 is 38.9 Å². The lowest BCUT2D eigenvalue weighted by atomic mass is 10.2. The van der Waals surface area contributed by atoms with Gasteiger partial charge in [-0.2, -0.15) is 17.5 Å². The quantitative estimate of drug-likeness (QED) is 0.750. The lowest BCUT2D eigenvalue weighted by Crippen LogP contribution is -2.04. The normalized spacial score (nSPS) is 11.8. The van der Waals surface area contributed by atoms with E-state index in [0.717, 1.165) is 16.8 Å². The summed E-state index contributed by atoms with van der Waals surface area (Å²) in [5.74, 6) is 0.474. The Morgan fingerprint density at radius 1 is 1.10 bits per heavy atom. The molecule has 0 bridgehead atoms. The number of benzene rings is 1. The maximum absolute atomic E-state index is 12.5. The zero-order valence-corrected chi connectivity index (χ0v) is 11.3. The van der Waals surface area contributed by atoms with Crippen LogP contribution in [0, 0.1) is 0 Å². The lowest BCUT2D eigenvalue weighted by Gasteiger charge is -2.08. The molecule has 0 saturated carbocycles. The van der Waals surface area contributed by atoms with Crippen LogP contribution in [0.2, 0.25) is 0 Å². The van der Waals surface area contributed by atoms with Crippen LogP contribution in [0.1, 0.15) is 5.56 Å². The van der Waals surface area contributed by atoms with Gasteiger partial charge in [0, 0.05) is 11.9 Å². The van der Waals surface area contributed by atoms with E-state index < -0.39 is 11.7 Å². The standard InChI is InChI=1S/C13H9F3N4S/c14-13(15,16)7-1-3-8(4-2-7)19-12-10-11(21-20-12)9(17)5-6-18-10/h1-6H,(H2,17,18)(H,19,20). The molecule has 0 radical (unpaired) electrons. The first-order valence-corrected chi connectivity index (χ1v) is 6.66. The van der Waals surface area contributed by atoms with Crippen LogP contribution < -0.4 is 11.1 Å². The molecule has 0 saturated heterocycles. The summed E-state index contributed by atoms with van der Waals surface area (Å²) in [5, 5.41) is 2.95. The molecule has 3 N–H and O–H groups in total. The molecule has 108 valence electrons. The summed E-state index contributed by atoms with van der Waals surface area (Å²) in [6, 6.07) is 6.39. The van der Waals surface area contributed by atoms with Gasteiger partial charge in [-0.15, -0.1) is 0 Å². The highest BCUT2D eigenvalue weighted by Crippen LogP contribution is 2.33. The molecule has 8 heteroatoms. The number of fused-ring (bicyclic) bond motifs is 1. The minimum atomic E-state index is -4.35. The molecule has 3 rings (SSSR count). The number of hydrogen-bond donors (Lipinski definition) is 2. The minimum Gasteiger partial charge on any atom is -0.397 e. The molecule has 0 spiro atoms. The number of hydrogen-bond acceptors (Lipinski definition) is 5. The van der Waals surface area contributed by atoms with Gasteiger partial charge in [-0.1, -0.05) is 0 Å². The molecule has 2 heterocycles. The fourth-order valence-corrected chi connectivity index (χ4v) is 2.55. The number of halogens is 3. The predicted octanol–water partition coefficient (Wildman–Crippen LogP) is 4.04. The first-order chi connectivity index (χ1) is 9.95. The van der Waals surface area contributed by atoms with Crippen LogP contribution in [-0.4, -0.2) is 9.36 Å². The molecule has 3 aromatic rings. The molecular formula is C13H9F3N4S. The Morgan fingerprint density at radius 2 is 1.81 bits per heavy atom. The van der Waals surface area contributed by atoms with Gasteiger partial charge in [-0.25, -0.2) is 0 Å². The number of nitrogens with one attached hydrogen (secondary N) is 1. The molecular weight excluding hydrogens is 301 g/mol. The van der Waals surface area contributed by atoms with E-state index >= 15 is 0 Å². The van der Waals surface area contributed by atoms with E-state index in [9.17, 15) is 13.2 Å². The monoisotopic (exact) mass is 310 g/mol. The molecule has 4 nitrogen and oxygen atoms in total. The number of aromatic nitrogens is 2. The van der Waals surface area contributed by atoms with Crippen LogP contribution in [0.15, 0.2) is 36.5 Å². The maximum atomic E-state index is 12.5. The fourth-order valence-electron chi connectivity index (χ4n) is 1.82. The summed E-state index contributed by atoms with van der Waals surface area (Å²) >= 11 is 1.19. The summed E-state index contributed by atoms with van der Waals surface area (Å²) < 4.78 is 42.4. The zero-order chi connectivity index (χ0) is 15.0. The van der Waals surface area contributed by atoms with E-state index in [0.29, 0.717) is 22.7 Å². The van der Waals surface area contributed by atoms with Crippen molar-refractivity contribution in [2.45, 2.75) is 6.18 Å². The molecule has 21 heavy (non-hydrogen) atoms. The van der Waals surface area contributed by atoms with Crippen molar-refractivity contribution in [2.75, 3.05) is 11.1 Å². The van der Waals surface area contributed by atoms with Gasteiger partial charge in [0.1, 0.15) is 5.52 Å². The molecule has 0 fully saturated rings. The number of anilines is 3. The third-order valence-electron chi connectivity index (χ3n) is 2.86. The summed E-state index contributed by atoms with van der Waals surface area (Å²) in [5.41, 5.74) is 6.78. The van der Waals surface area contributed by atoms with Crippen LogP contribution >= 0.6 is 11.5 Å². The average Bonchev–Trinajstić information content (AvgIpc) is 2.83. The second-order valence-corrected chi connectivity index (χ2v) is 5.08. The molecule has 0 atom stereocenters. The Labute approximate surface area is 121 Å². The first kappa shape index (κ1) is 13.6. The van der Waals surface area contributed by atoms with Crippen LogP contribution in [0.4, 0.5) is 30.4 Å². The molecule has 0 amide bonds. The van der Waals surface area contributed by atoms with Crippen molar-refractivity contribution in [1.29, 1.82) is 0 Å². The smallest absolute Gasteiger partial charge is 0.397 e. The van der Waals surface area contributed by atoms with Gasteiger partial charge in [-0.05, 0) is 41.9 Å². The molecule has 0 unspecified atom stereocenters. The Kier molecular flexibility index (Phi) is 3.17. The highest BCUT2D eigenvalue weighted by atomic mass is 32.1. The van der Waals surface area contributed by atoms with Gasteiger partial charge >= 0.3 is 6.18 Å². The van der Waals surface area contributed by atoms with Gasteiger partial charge in [0.15, 0.2) is 5.82 Å². The third kappa shape index (κ3) is 2.62. The van der Waals surface area contributed by atoms with Gasteiger partial charge in [0.25, 0.3) is 0 Å². The Bertz CT molecular complexity index is 780. The number of nitrogens with two attached hydrogens (primary N) is 1. The largest absolute Gasteiger partial charge is 0.416 e. The van der Waals surface area contributed by atoms with Gasteiger partial charge in [0.2, 0.25) is 0 Å². The minimum absolute atomic E-state index is 0.474. The predicted molar refractivity (Wildman–Crippen MR) is 76.6 cm³/mol. The van der Waals surface area contributed by atoms with Crippen molar-refractivity contribution in [3.63, 3.8) is 0 Å². The maximum Gasteiger partial charge on any atom is 0.416 e. The molecule has 2 aromatic heterocycles. The van der Waals surface area contributed by atoms with E-state index in [4.69, 9.17) is 5.73 Å². The Balaban J connectivity index is 1.90. The Morgan fingerprint density at radius 3 is 2.48 bits per heavy atom. The van der Waals surface area contributed by atoms with Gasteiger partial charge in [-0.3, -0.25) is 4.98 Å². The summed E-state index contributed by atoms with van der Waals surface area (Å²) in [6.45, 7) is 0. The van der Waals surface area contributed by atoms with E-state index in [1.807, 2.05) is 0 Å². The van der Waals surface area contributed by atoms with Crippen LogP contribution in [0.25, 0.3) is 10.2 Å². The lowest BCUT2D eigenvalue weighted by molar-refractivity contribution is -0.137. The molecule has 1 aromatic carbocycles. The highest BCUT2D eigenvalue weighted by Gasteiger charge is 2.29. The highest BCUT2D eigenvalue weighted by molar-refractivity contribution is 7.14. The van der Waals surface area contributed by atoms with Crippen LogP contribution in [0.3, 0.4) is 0 Å². The van der Waals surface area contributed by atoms with E-state index in [2.05, 4.69) is 14.7 Å². The van der Waals surface area contributed by atoms with Crippen molar-refractivity contribution in [1.82, 2.24) is 9.36 Å². The van der Waals surface area contributed by atoms with Crippen molar-refractivity contribution in [2.24, 2.45) is 0 Å². The summed E-state index contributed by atoms with van der Waals surface area (Å²) in [6.07, 6.45) is -2.79. The summed E-state index contributed by atoms with van der Waals surface area (Å²) in [4.78, 5) is 4.18. The van der Waals surface area contributed by atoms with Crippen LogP contribution in [-0.2, 0) is 6.18 Å². The fraction of sp³-hybridized carbons (Fsp3) is 0.0769. The summed E-state index contributed by atoms with van der Waals surface area (Å²) in [7, 11) is 0. The van der Waals surface area contributed by atoms with Gasteiger partial charge < -0.3 is 11.1 Å². The van der Waals surface area contributed by atoms with E-state index in [-0.39, 0.29) is 0 Å². The Hall–Kier alpha value is -2.35. The second kappa shape index (κ2) is 4.88. The van der Waals surface area contributed by atoms with E-state index in [1.54, 1.807) is 12.3 Å². The zero-order valence-electron chi connectivity index (χ0n) is 10.5. The molecule has 0 aliphatic rings. The number of nitrogens with zero attached hydrogens (tertiary/aromatic N) is 2. The SMILES string of the molecule is Nc1ccnc2c(Nc3ccc(C(F)(F)F)cc3)nsc12. The second-order valence-electron chi connectivity index (χ2n) is 4.31. The van der Waals surface area contributed by atoms with Crippen molar-refractivity contribution < 1.29 is 13.2 Å². The molecule has 0 aliphatic heterocycles. The number of pyridine rings is 1. The number of alkyl halides is 3. The van der Waals surface area contributed by atoms with Crippen LogP contribution in [0.5, 0.6) is 0 Å². The topological polar surface area (TPSA) is 63.8 Å². The average molecular weight is 310 g/mol. The third-order valence-corrected chi connectivity index (χ3v) is 3.75. The number of nitrogen functional groups attached to an aromatic ring is 1. The first-order valence-electron chi connectivity index (χ1n) is 5.89. The van der Waals surface area contributed by atoms with E-state index in [1.165, 1.54) is 23.7 Å².